The third-order valence-electron chi connectivity index (χ3n) is 4.06. The van der Waals surface area contributed by atoms with Crippen LogP contribution in [0.25, 0.3) is 16.7 Å². The van der Waals surface area contributed by atoms with Gasteiger partial charge < -0.3 is 4.90 Å². The number of carbonyl (C=O) groups excluding carboxylic acids is 1. The Morgan fingerprint density at radius 1 is 1.19 bits per heavy atom. The van der Waals surface area contributed by atoms with Crippen LogP contribution in [0.15, 0.2) is 65.4 Å². The van der Waals surface area contributed by atoms with E-state index in [9.17, 15) is 4.79 Å². The predicted octanol–water partition coefficient (Wildman–Crippen LogP) is 3.63. The standard InChI is InChI=1S/C19H17N5OS2/c1-23(11-15-8-5-9-26-15)17(25)12-27-19-16-10-22-24(18(16)20-13-21-19)14-6-3-2-4-7-14/h2-10,13H,11-12H2,1H3. The molecule has 0 aliphatic rings. The number of thioether (sulfide) groups is 1. The van der Waals surface area contributed by atoms with Gasteiger partial charge in [0.15, 0.2) is 5.65 Å². The van der Waals surface area contributed by atoms with Crippen molar-refractivity contribution in [2.75, 3.05) is 12.8 Å². The minimum atomic E-state index is 0.0654. The van der Waals surface area contributed by atoms with Crippen LogP contribution in [0.5, 0.6) is 0 Å². The molecule has 0 bridgehead atoms. The molecule has 1 amide bonds. The summed E-state index contributed by atoms with van der Waals surface area (Å²) < 4.78 is 1.78. The number of hydrogen-bond donors (Lipinski definition) is 0. The Bertz CT molecular complexity index is 1050. The van der Waals surface area contributed by atoms with Crippen LogP contribution in [0.4, 0.5) is 0 Å². The van der Waals surface area contributed by atoms with Crippen LogP contribution < -0.4 is 0 Å². The van der Waals surface area contributed by atoms with Crippen LogP contribution in [-0.2, 0) is 11.3 Å². The maximum Gasteiger partial charge on any atom is 0.233 e. The second kappa shape index (κ2) is 7.89. The first-order valence-corrected chi connectivity index (χ1v) is 10.2. The van der Waals surface area contributed by atoms with Crippen molar-refractivity contribution in [2.24, 2.45) is 0 Å². The topological polar surface area (TPSA) is 63.9 Å². The molecule has 8 heteroatoms. The second-order valence-corrected chi connectivity index (χ2v) is 7.92. The Morgan fingerprint density at radius 3 is 2.81 bits per heavy atom. The molecule has 136 valence electrons. The number of aromatic nitrogens is 4. The average molecular weight is 396 g/mol. The van der Waals surface area contributed by atoms with Gasteiger partial charge in [-0.05, 0) is 23.6 Å². The zero-order valence-electron chi connectivity index (χ0n) is 14.6. The van der Waals surface area contributed by atoms with Crippen LogP contribution in [-0.4, -0.2) is 43.4 Å². The summed E-state index contributed by atoms with van der Waals surface area (Å²) in [5, 5.41) is 8.07. The molecule has 4 rings (SSSR count). The molecule has 0 aliphatic carbocycles. The van der Waals surface area contributed by atoms with E-state index in [1.54, 1.807) is 27.1 Å². The Morgan fingerprint density at radius 2 is 2.04 bits per heavy atom. The maximum atomic E-state index is 12.5. The lowest BCUT2D eigenvalue weighted by molar-refractivity contribution is -0.127. The van der Waals surface area contributed by atoms with Gasteiger partial charge in [0, 0.05) is 11.9 Å². The van der Waals surface area contributed by atoms with Gasteiger partial charge in [-0.3, -0.25) is 4.79 Å². The molecule has 6 nitrogen and oxygen atoms in total. The Kier molecular flexibility index (Phi) is 5.17. The van der Waals surface area contributed by atoms with Crippen molar-refractivity contribution in [1.82, 2.24) is 24.6 Å². The van der Waals surface area contributed by atoms with E-state index in [-0.39, 0.29) is 5.91 Å². The van der Waals surface area contributed by atoms with Gasteiger partial charge in [0.05, 0.1) is 29.6 Å². The summed E-state index contributed by atoms with van der Waals surface area (Å²) in [6.07, 6.45) is 3.27. The highest BCUT2D eigenvalue weighted by Crippen LogP contribution is 2.26. The van der Waals surface area contributed by atoms with E-state index in [4.69, 9.17) is 0 Å². The normalized spacial score (nSPS) is 11.0. The molecule has 0 atom stereocenters. The summed E-state index contributed by atoms with van der Waals surface area (Å²) in [6, 6.07) is 13.9. The Balaban J connectivity index is 1.49. The molecular weight excluding hydrogens is 378 g/mol. The third-order valence-corrected chi connectivity index (χ3v) is 5.91. The van der Waals surface area contributed by atoms with E-state index in [1.807, 2.05) is 54.9 Å². The summed E-state index contributed by atoms with van der Waals surface area (Å²) in [6.45, 7) is 0.627. The van der Waals surface area contributed by atoms with E-state index in [0.29, 0.717) is 12.3 Å². The second-order valence-electron chi connectivity index (χ2n) is 5.93. The summed E-state index contributed by atoms with van der Waals surface area (Å²) in [5.74, 6) is 0.389. The number of thiophene rings is 1. The third kappa shape index (κ3) is 3.86. The number of rotatable bonds is 6. The summed E-state index contributed by atoms with van der Waals surface area (Å²) >= 11 is 3.07. The molecule has 0 spiro atoms. The van der Waals surface area contributed by atoms with E-state index >= 15 is 0 Å². The van der Waals surface area contributed by atoms with E-state index in [2.05, 4.69) is 15.1 Å². The molecule has 0 aliphatic heterocycles. The van der Waals surface area contributed by atoms with E-state index < -0.39 is 0 Å². The molecule has 0 saturated carbocycles. The molecule has 0 N–H and O–H groups in total. The fourth-order valence-corrected chi connectivity index (χ4v) is 4.32. The van der Waals surface area contributed by atoms with Crippen molar-refractivity contribution in [3.63, 3.8) is 0 Å². The van der Waals surface area contributed by atoms with Gasteiger partial charge in [-0.25, -0.2) is 14.6 Å². The number of benzene rings is 1. The molecule has 0 saturated heterocycles. The lowest BCUT2D eigenvalue weighted by Crippen LogP contribution is -2.27. The molecule has 3 aromatic heterocycles. The monoisotopic (exact) mass is 395 g/mol. The first-order valence-electron chi connectivity index (χ1n) is 8.35. The first-order chi connectivity index (χ1) is 13.2. The van der Waals surface area contributed by atoms with Crippen LogP contribution in [0.2, 0.25) is 0 Å². The number of para-hydroxylation sites is 1. The van der Waals surface area contributed by atoms with Crippen molar-refractivity contribution in [2.45, 2.75) is 11.6 Å². The lowest BCUT2D eigenvalue weighted by Gasteiger charge is -2.15. The largest absolute Gasteiger partial charge is 0.340 e. The molecule has 0 fully saturated rings. The molecular formula is C19H17N5OS2. The zero-order valence-corrected chi connectivity index (χ0v) is 16.3. The van der Waals surface area contributed by atoms with Crippen molar-refractivity contribution in [3.05, 3.63) is 65.2 Å². The quantitative estimate of drug-likeness (QED) is 0.368. The van der Waals surface area contributed by atoms with Crippen LogP contribution in [0, 0.1) is 0 Å². The van der Waals surface area contributed by atoms with Crippen LogP contribution >= 0.6 is 23.1 Å². The minimum absolute atomic E-state index is 0.0654. The maximum absolute atomic E-state index is 12.5. The summed E-state index contributed by atoms with van der Waals surface area (Å²) in [4.78, 5) is 24.1. The average Bonchev–Trinajstić information content (AvgIpc) is 3.36. The van der Waals surface area contributed by atoms with Gasteiger partial charge in [0.2, 0.25) is 5.91 Å². The number of hydrogen-bond acceptors (Lipinski definition) is 6. The number of fused-ring (bicyclic) bond motifs is 1. The summed E-state index contributed by atoms with van der Waals surface area (Å²) in [7, 11) is 1.83. The van der Waals surface area contributed by atoms with Crippen LogP contribution in [0.3, 0.4) is 0 Å². The smallest absolute Gasteiger partial charge is 0.233 e. The van der Waals surface area contributed by atoms with Crippen molar-refractivity contribution in [1.29, 1.82) is 0 Å². The van der Waals surface area contributed by atoms with E-state index in [0.717, 1.165) is 21.7 Å². The molecule has 27 heavy (non-hydrogen) atoms. The lowest BCUT2D eigenvalue weighted by atomic mass is 10.3. The number of carbonyl (C=O) groups is 1. The molecule has 4 aromatic rings. The van der Waals surface area contributed by atoms with Gasteiger partial charge in [-0.1, -0.05) is 36.0 Å². The predicted molar refractivity (Wildman–Crippen MR) is 108 cm³/mol. The fraction of sp³-hybridized carbons (Fsp3) is 0.158. The van der Waals surface area contributed by atoms with Gasteiger partial charge in [0.25, 0.3) is 0 Å². The van der Waals surface area contributed by atoms with Gasteiger partial charge in [-0.2, -0.15) is 5.10 Å². The highest BCUT2D eigenvalue weighted by Gasteiger charge is 2.15. The van der Waals surface area contributed by atoms with Crippen molar-refractivity contribution in [3.8, 4) is 5.69 Å². The Hall–Kier alpha value is -2.71. The summed E-state index contributed by atoms with van der Waals surface area (Å²) in [5.41, 5.74) is 1.67. The highest BCUT2D eigenvalue weighted by molar-refractivity contribution is 8.00. The zero-order chi connectivity index (χ0) is 18.6. The molecule has 3 heterocycles. The van der Waals surface area contributed by atoms with Gasteiger partial charge in [-0.15, -0.1) is 11.3 Å². The van der Waals surface area contributed by atoms with Crippen molar-refractivity contribution < 1.29 is 4.79 Å². The van der Waals surface area contributed by atoms with Crippen LogP contribution in [0.1, 0.15) is 4.88 Å². The number of nitrogens with zero attached hydrogens (tertiary/aromatic N) is 5. The van der Waals surface area contributed by atoms with E-state index in [1.165, 1.54) is 23.0 Å². The Labute approximate surface area is 164 Å². The van der Waals surface area contributed by atoms with Crippen molar-refractivity contribution >= 4 is 40.0 Å². The molecule has 0 radical (unpaired) electrons. The van der Waals surface area contributed by atoms with Gasteiger partial charge >= 0.3 is 0 Å². The number of amides is 1. The fourth-order valence-electron chi connectivity index (χ4n) is 2.66. The SMILES string of the molecule is CN(Cc1cccs1)C(=O)CSc1ncnc2c1cnn2-c1ccccc1. The highest BCUT2D eigenvalue weighted by atomic mass is 32.2. The first kappa shape index (κ1) is 17.7. The molecule has 1 aromatic carbocycles. The van der Waals surface area contributed by atoms with Gasteiger partial charge in [0.1, 0.15) is 11.4 Å². The minimum Gasteiger partial charge on any atom is -0.340 e. The molecule has 0 unspecified atom stereocenters.